The van der Waals surface area contributed by atoms with Gasteiger partial charge in [-0.3, -0.25) is 13.8 Å². The van der Waals surface area contributed by atoms with Crippen LogP contribution < -0.4 is 10.1 Å². The molecule has 0 aliphatic rings. The van der Waals surface area contributed by atoms with Crippen molar-refractivity contribution in [3.8, 4) is 17.0 Å². The Kier molecular flexibility index (Phi) is 5.03. The second kappa shape index (κ2) is 6.62. The van der Waals surface area contributed by atoms with Crippen LogP contribution in [-0.4, -0.2) is 24.0 Å². The molecule has 1 aromatic carbocycles. The highest BCUT2D eigenvalue weighted by molar-refractivity contribution is 7.48. The number of aromatic nitrogens is 2. The Bertz CT molecular complexity index is 770. The molecule has 1 aromatic heterocycles. The van der Waals surface area contributed by atoms with E-state index >= 15 is 0 Å². The number of phosphoric ester groups is 1. The van der Waals surface area contributed by atoms with Gasteiger partial charge in [0.15, 0.2) is 10.8 Å². The number of halogens is 1. The standard InChI is InChI=1S/C13H14ClN2O5P/c1-16-13(17)10(14)12(21-22(18,19-2)20-3)11(15-16)9-7-5-4-6-8-9/h4-8H,1-3H3. The number of hydrogen-bond donors (Lipinski definition) is 0. The fourth-order valence-electron chi connectivity index (χ4n) is 1.71. The molecule has 2 aromatic rings. The summed E-state index contributed by atoms with van der Waals surface area (Å²) >= 11 is 6.04. The van der Waals surface area contributed by atoms with Crippen LogP contribution >= 0.6 is 19.4 Å². The van der Waals surface area contributed by atoms with Crippen LogP contribution in [0.15, 0.2) is 35.1 Å². The van der Waals surface area contributed by atoms with Crippen molar-refractivity contribution in [2.75, 3.05) is 14.2 Å². The Balaban J connectivity index is 2.68. The SMILES string of the molecule is COP(=O)(OC)Oc1c(-c2ccccc2)nn(C)c(=O)c1Cl. The van der Waals surface area contributed by atoms with Crippen LogP contribution in [0, 0.1) is 0 Å². The summed E-state index contributed by atoms with van der Waals surface area (Å²) in [5, 5.41) is 3.86. The third-order valence-corrected chi connectivity index (χ3v) is 4.48. The molecule has 0 aliphatic heterocycles. The molecular weight excluding hydrogens is 331 g/mol. The number of hydrogen-bond acceptors (Lipinski definition) is 6. The van der Waals surface area contributed by atoms with Gasteiger partial charge in [-0.25, -0.2) is 9.25 Å². The quantitative estimate of drug-likeness (QED) is 0.776. The number of phosphoric acid groups is 1. The van der Waals surface area contributed by atoms with Crippen molar-refractivity contribution >= 4 is 19.4 Å². The van der Waals surface area contributed by atoms with Crippen LogP contribution in [0.4, 0.5) is 0 Å². The second-order valence-electron chi connectivity index (χ2n) is 4.19. The van der Waals surface area contributed by atoms with Crippen LogP contribution in [0.1, 0.15) is 0 Å². The molecule has 0 bridgehead atoms. The minimum Gasteiger partial charge on any atom is -0.400 e. The molecule has 0 saturated carbocycles. The Hall–Kier alpha value is -1.66. The molecule has 0 unspecified atom stereocenters. The summed E-state index contributed by atoms with van der Waals surface area (Å²) in [6.45, 7) is 0. The fraction of sp³-hybridized carbons (Fsp3) is 0.231. The fourth-order valence-corrected chi connectivity index (χ4v) is 2.72. The molecule has 2 rings (SSSR count). The maximum atomic E-state index is 12.2. The number of rotatable bonds is 5. The van der Waals surface area contributed by atoms with Crippen LogP contribution in [0.2, 0.25) is 5.02 Å². The van der Waals surface area contributed by atoms with Crippen molar-refractivity contribution in [3.63, 3.8) is 0 Å². The second-order valence-corrected chi connectivity index (χ2v) is 6.38. The van der Waals surface area contributed by atoms with Crippen molar-refractivity contribution < 1.29 is 18.1 Å². The molecule has 0 amide bonds. The number of aryl methyl sites for hydroxylation is 1. The van der Waals surface area contributed by atoms with Crippen molar-refractivity contribution in [2.24, 2.45) is 7.05 Å². The van der Waals surface area contributed by atoms with Crippen molar-refractivity contribution in [1.82, 2.24) is 9.78 Å². The molecule has 0 atom stereocenters. The average Bonchev–Trinajstić information content (AvgIpc) is 2.55. The summed E-state index contributed by atoms with van der Waals surface area (Å²) in [5.41, 5.74) is 0.297. The van der Waals surface area contributed by atoms with Gasteiger partial charge in [-0.1, -0.05) is 41.9 Å². The first kappa shape index (κ1) is 16.7. The lowest BCUT2D eigenvalue weighted by atomic mass is 10.1. The zero-order valence-corrected chi connectivity index (χ0v) is 13.8. The van der Waals surface area contributed by atoms with Crippen molar-refractivity contribution in [1.29, 1.82) is 0 Å². The molecule has 0 radical (unpaired) electrons. The van der Waals surface area contributed by atoms with Gasteiger partial charge in [-0.15, -0.1) is 0 Å². The molecule has 0 aliphatic carbocycles. The van der Waals surface area contributed by atoms with E-state index in [9.17, 15) is 9.36 Å². The zero-order chi connectivity index (χ0) is 16.3. The lowest BCUT2D eigenvalue weighted by molar-refractivity contribution is 0.211. The van der Waals surface area contributed by atoms with E-state index in [1.54, 1.807) is 24.3 Å². The van der Waals surface area contributed by atoms with Gasteiger partial charge >= 0.3 is 7.82 Å². The Morgan fingerprint density at radius 3 is 2.32 bits per heavy atom. The predicted molar refractivity (Wildman–Crippen MR) is 82.2 cm³/mol. The molecule has 0 spiro atoms. The van der Waals surface area contributed by atoms with E-state index in [0.717, 1.165) is 18.9 Å². The van der Waals surface area contributed by atoms with E-state index in [1.165, 1.54) is 7.05 Å². The highest BCUT2D eigenvalue weighted by Gasteiger charge is 2.30. The molecule has 9 heteroatoms. The van der Waals surface area contributed by atoms with Crippen LogP contribution in [0.3, 0.4) is 0 Å². The maximum Gasteiger partial charge on any atom is 0.529 e. The van der Waals surface area contributed by atoms with E-state index in [0.29, 0.717) is 5.56 Å². The summed E-state index contributed by atoms with van der Waals surface area (Å²) < 4.78 is 28.0. The summed E-state index contributed by atoms with van der Waals surface area (Å²) in [6.07, 6.45) is 0. The first-order chi connectivity index (χ1) is 10.4. The molecule has 0 N–H and O–H groups in total. The van der Waals surface area contributed by atoms with Crippen LogP contribution in [0.5, 0.6) is 5.75 Å². The summed E-state index contributed by atoms with van der Waals surface area (Å²) in [5.74, 6) is -0.150. The Morgan fingerprint density at radius 1 is 1.18 bits per heavy atom. The average molecular weight is 345 g/mol. The molecule has 1 heterocycles. The van der Waals surface area contributed by atoms with Gasteiger partial charge in [-0.2, -0.15) is 5.10 Å². The summed E-state index contributed by atoms with van der Waals surface area (Å²) in [7, 11) is -0.107. The van der Waals surface area contributed by atoms with E-state index < -0.39 is 13.4 Å². The van der Waals surface area contributed by atoms with Crippen LogP contribution in [0.25, 0.3) is 11.3 Å². The van der Waals surface area contributed by atoms with Gasteiger partial charge < -0.3 is 4.52 Å². The van der Waals surface area contributed by atoms with Gasteiger partial charge in [0.05, 0.1) is 0 Å². The van der Waals surface area contributed by atoms with Gasteiger partial charge in [0.1, 0.15) is 5.69 Å². The first-order valence-corrected chi connectivity index (χ1v) is 7.99. The van der Waals surface area contributed by atoms with E-state index in [-0.39, 0.29) is 16.5 Å². The number of benzene rings is 1. The summed E-state index contributed by atoms with van der Waals surface area (Å²) in [6, 6.07) is 8.89. The molecule has 0 fully saturated rings. The van der Waals surface area contributed by atoms with E-state index in [1.807, 2.05) is 6.07 Å². The summed E-state index contributed by atoms with van der Waals surface area (Å²) in [4.78, 5) is 12.0. The molecular formula is C13H14ClN2O5P. The van der Waals surface area contributed by atoms with E-state index in [2.05, 4.69) is 5.10 Å². The lowest BCUT2D eigenvalue weighted by Crippen LogP contribution is -2.21. The molecule has 7 nitrogen and oxygen atoms in total. The van der Waals surface area contributed by atoms with Gasteiger partial charge in [-0.05, 0) is 0 Å². The predicted octanol–water partition coefficient (Wildman–Crippen LogP) is 2.88. The minimum absolute atomic E-state index is 0.150. The highest BCUT2D eigenvalue weighted by atomic mass is 35.5. The molecule has 118 valence electrons. The maximum absolute atomic E-state index is 12.2. The number of nitrogens with zero attached hydrogens (tertiary/aromatic N) is 2. The van der Waals surface area contributed by atoms with E-state index in [4.69, 9.17) is 25.2 Å². The zero-order valence-electron chi connectivity index (χ0n) is 12.1. The lowest BCUT2D eigenvalue weighted by Gasteiger charge is -2.17. The third-order valence-electron chi connectivity index (χ3n) is 2.84. The van der Waals surface area contributed by atoms with Crippen molar-refractivity contribution in [3.05, 3.63) is 45.7 Å². The smallest absolute Gasteiger partial charge is 0.400 e. The monoisotopic (exact) mass is 344 g/mol. The van der Waals surface area contributed by atoms with Gasteiger partial charge in [0, 0.05) is 26.8 Å². The topological polar surface area (TPSA) is 79.7 Å². The van der Waals surface area contributed by atoms with Gasteiger partial charge in [0.25, 0.3) is 5.56 Å². The minimum atomic E-state index is -3.88. The Morgan fingerprint density at radius 2 is 1.77 bits per heavy atom. The highest BCUT2D eigenvalue weighted by Crippen LogP contribution is 2.50. The first-order valence-electron chi connectivity index (χ1n) is 6.15. The molecule has 0 saturated heterocycles. The molecule has 22 heavy (non-hydrogen) atoms. The van der Waals surface area contributed by atoms with Crippen molar-refractivity contribution in [2.45, 2.75) is 0 Å². The van der Waals surface area contributed by atoms with Crippen LogP contribution in [-0.2, 0) is 20.7 Å². The van der Waals surface area contributed by atoms with Gasteiger partial charge in [0.2, 0.25) is 0 Å². The Labute approximate surface area is 132 Å². The third kappa shape index (κ3) is 3.23. The normalized spacial score (nSPS) is 11.5. The largest absolute Gasteiger partial charge is 0.529 e.